The first-order valence-corrected chi connectivity index (χ1v) is 6.84. The first kappa shape index (κ1) is 15.2. The first-order chi connectivity index (χ1) is 10.2. The van der Waals surface area contributed by atoms with E-state index in [0.29, 0.717) is 6.61 Å². The molecule has 112 valence electrons. The van der Waals surface area contributed by atoms with Crippen molar-refractivity contribution >= 4 is 0 Å². The third-order valence-electron chi connectivity index (χ3n) is 3.25. The quantitative estimate of drug-likeness (QED) is 0.885. The van der Waals surface area contributed by atoms with E-state index in [-0.39, 0.29) is 6.04 Å². The van der Waals surface area contributed by atoms with Gasteiger partial charge in [-0.25, -0.2) is 0 Å². The monoisotopic (exact) mass is 287 g/mol. The van der Waals surface area contributed by atoms with Crippen molar-refractivity contribution in [2.75, 3.05) is 14.2 Å². The molecule has 2 rings (SSSR count). The Morgan fingerprint density at radius 1 is 0.952 bits per heavy atom. The number of methoxy groups -OCH3 is 2. The summed E-state index contributed by atoms with van der Waals surface area (Å²) >= 11 is 0. The molecule has 0 heterocycles. The molecular weight excluding hydrogens is 266 g/mol. The van der Waals surface area contributed by atoms with E-state index in [1.54, 1.807) is 14.2 Å². The molecule has 0 radical (unpaired) electrons. The molecule has 0 aliphatic carbocycles. The topological polar surface area (TPSA) is 53.7 Å². The molecule has 0 aliphatic rings. The van der Waals surface area contributed by atoms with Gasteiger partial charge in [0.05, 0.1) is 19.8 Å². The molecule has 0 saturated carbocycles. The van der Waals surface area contributed by atoms with Crippen LogP contribution in [0.15, 0.2) is 42.5 Å². The van der Waals surface area contributed by atoms with Gasteiger partial charge in [0.2, 0.25) is 0 Å². The SMILES string of the molecule is COc1ccc(COc2cccc(OC)c2C(C)N)cc1. The van der Waals surface area contributed by atoms with Gasteiger partial charge >= 0.3 is 0 Å². The van der Waals surface area contributed by atoms with Crippen LogP contribution in [0.1, 0.15) is 24.1 Å². The zero-order valence-electron chi connectivity index (χ0n) is 12.6. The van der Waals surface area contributed by atoms with E-state index >= 15 is 0 Å². The van der Waals surface area contributed by atoms with Gasteiger partial charge in [-0.3, -0.25) is 0 Å². The fourth-order valence-corrected chi connectivity index (χ4v) is 2.16. The van der Waals surface area contributed by atoms with Crippen molar-refractivity contribution in [1.82, 2.24) is 0 Å². The van der Waals surface area contributed by atoms with E-state index < -0.39 is 0 Å². The second-order valence-corrected chi connectivity index (χ2v) is 4.80. The van der Waals surface area contributed by atoms with Crippen LogP contribution in [0.4, 0.5) is 0 Å². The Labute approximate surface area is 125 Å². The van der Waals surface area contributed by atoms with Crippen molar-refractivity contribution in [3.63, 3.8) is 0 Å². The third-order valence-corrected chi connectivity index (χ3v) is 3.25. The summed E-state index contributed by atoms with van der Waals surface area (Å²) in [6.45, 7) is 2.38. The molecule has 0 saturated heterocycles. The Balaban J connectivity index is 2.15. The fraction of sp³-hybridized carbons (Fsp3) is 0.294. The molecule has 21 heavy (non-hydrogen) atoms. The lowest BCUT2D eigenvalue weighted by molar-refractivity contribution is 0.297. The smallest absolute Gasteiger partial charge is 0.128 e. The van der Waals surface area contributed by atoms with Crippen molar-refractivity contribution in [2.24, 2.45) is 5.73 Å². The summed E-state index contributed by atoms with van der Waals surface area (Å²) < 4.78 is 16.4. The summed E-state index contributed by atoms with van der Waals surface area (Å²) in [5.74, 6) is 2.33. The van der Waals surface area contributed by atoms with Gasteiger partial charge in [0.25, 0.3) is 0 Å². The average Bonchev–Trinajstić information content (AvgIpc) is 2.52. The summed E-state index contributed by atoms with van der Waals surface area (Å²) in [5.41, 5.74) is 7.97. The van der Waals surface area contributed by atoms with E-state index in [0.717, 1.165) is 28.4 Å². The number of ether oxygens (including phenoxy) is 3. The van der Waals surface area contributed by atoms with E-state index in [4.69, 9.17) is 19.9 Å². The predicted octanol–water partition coefficient (Wildman–Crippen LogP) is 3.30. The number of benzene rings is 2. The number of hydrogen-bond acceptors (Lipinski definition) is 4. The molecule has 1 atom stereocenters. The van der Waals surface area contributed by atoms with Crippen molar-refractivity contribution in [2.45, 2.75) is 19.6 Å². The van der Waals surface area contributed by atoms with E-state index in [1.807, 2.05) is 49.4 Å². The molecule has 0 spiro atoms. The predicted molar refractivity (Wildman–Crippen MR) is 82.9 cm³/mol. The Bertz CT molecular complexity index is 579. The second-order valence-electron chi connectivity index (χ2n) is 4.80. The minimum Gasteiger partial charge on any atom is -0.497 e. The van der Waals surface area contributed by atoms with Crippen molar-refractivity contribution in [3.05, 3.63) is 53.6 Å². The van der Waals surface area contributed by atoms with Crippen LogP contribution in [-0.4, -0.2) is 14.2 Å². The molecule has 4 nitrogen and oxygen atoms in total. The standard InChI is InChI=1S/C17H21NO3/c1-12(18)17-15(20-3)5-4-6-16(17)21-11-13-7-9-14(19-2)10-8-13/h4-10,12H,11,18H2,1-3H3. The van der Waals surface area contributed by atoms with E-state index in [1.165, 1.54) is 0 Å². The summed E-state index contributed by atoms with van der Waals surface area (Å²) in [4.78, 5) is 0. The largest absolute Gasteiger partial charge is 0.497 e. The minimum absolute atomic E-state index is 0.160. The van der Waals surface area contributed by atoms with Crippen LogP contribution in [0.5, 0.6) is 17.2 Å². The van der Waals surface area contributed by atoms with Gasteiger partial charge in [0, 0.05) is 6.04 Å². The molecular formula is C17H21NO3. The van der Waals surface area contributed by atoms with Crippen LogP contribution >= 0.6 is 0 Å². The summed E-state index contributed by atoms with van der Waals surface area (Å²) in [6, 6.07) is 13.3. The zero-order chi connectivity index (χ0) is 15.2. The average molecular weight is 287 g/mol. The number of hydrogen-bond donors (Lipinski definition) is 1. The van der Waals surface area contributed by atoms with Crippen LogP contribution in [0, 0.1) is 0 Å². The molecule has 4 heteroatoms. The molecule has 2 aromatic carbocycles. The van der Waals surface area contributed by atoms with Crippen LogP contribution in [0.2, 0.25) is 0 Å². The first-order valence-electron chi connectivity index (χ1n) is 6.84. The Kier molecular flexibility index (Phi) is 5.06. The van der Waals surface area contributed by atoms with E-state index in [2.05, 4.69) is 0 Å². The highest BCUT2D eigenvalue weighted by Gasteiger charge is 2.14. The number of rotatable bonds is 6. The summed E-state index contributed by atoms with van der Waals surface area (Å²) in [7, 11) is 3.28. The lowest BCUT2D eigenvalue weighted by atomic mass is 10.1. The van der Waals surface area contributed by atoms with Gasteiger partial charge in [0.15, 0.2) is 0 Å². The highest BCUT2D eigenvalue weighted by atomic mass is 16.5. The molecule has 1 unspecified atom stereocenters. The van der Waals surface area contributed by atoms with Crippen LogP contribution in [0.25, 0.3) is 0 Å². The second kappa shape index (κ2) is 6.99. The third kappa shape index (κ3) is 3.67. The molecule has 0 aromatic heterocycles. The highest BCUT2D eigenvalue weighted by Crippen LogP contribution is 2.33. The molecule has 0 amide bonds. The van der Waals surface area contributed by atoms with Gasteiger partial charge in [-0.15, -0.1) is 0 Å². The summed E-state index contributed by atoms with van der Waals surface area (Å²) in [5, 5.41) is 0. The maximum Gasteiger partial charge on any atom is 0.128 e. The van der Waals surface area contributed by atoms with Crippen LogP contribution < -0.4 is 19.9 Å². The Hall–Kier alpha value is -2.20. The summed E-state index contributed by atoms with van der Waals surface area (Å²) in [6.07, 6.45) is 0. The lowest BCUT2D eigenvalue weighted by Gasteiger charge is -2.17. The van der Waals surface area contributed by atoms with Crippen molar-refractivity contribution in [3.8, 4) is 17.2 Å². The Morgan fingerprint density at radius 3 is 2.19 bits per heavy atom. The molecule has 2 N–H and O–H groups in total. The Morgan fingerprint density at radius 2 is 1.62 bits per heavy atom. The maximum absolute atomic E-state index is 6.02. The minimum atomic E-state index is -0.160. The van der Waals surface area contributed by atoms with Gasteiger partial charge in [-0.05, 0) is 36.8 Å². The molecule has 0 bridgehead atoms. The molecule has 0 aliphatic heterocycles. The van der Waals surface area contributed by atoms with Crippen molar-refractivity contribution < 1.29 is 14.2 Å². The van der Waals surface area contributed by atoms with Gasteiger partial charge in [0.1, 0.15) is 23.9 Å². The van der Waals surface area contributed by atoms with E-state index in [9.17, 15) is 0 Å². The number of nitrogens with two attached hydrogens (primary N) is 1. The van der Waals surface area contributed by atoms with Crippen molar-refractivity contribution in [1.29, 1.82) is 0 Å². The van der Waals surface area contributed by atoms with Gasteiger partial charge in [-0.2, -0.15) is 0 Å². The van der Waals surface area contributed by atoms with Gasteiger partial charge < -0.3 is 19.9 Å². The molecule has 0 fully saturated rings. The highest BCUT2D eigenvalue weighted by molar-refractivity contribution is 5.46. The van der Waals surface area contributed by atoms with Crippen LogP contribution in [-0.2, 0) is 6.61 Å². The fourth-order valence-electron chi connectivity index (χ4n) is 2.16. The zero-order valence-corrected chi connectivity index (χ0v) is 12.6. The lowest BCUT2D eigenvalue weighted by Crippen LogP contribution is -2.10. The normalized spacial score (nSPS) is 11.8. The maximum atomic E-state index is 6.02. The van der Waals surface area contributed by atoms with Crippen LogP contribution in [0.3, 0.4) is 0 Å². The molecule has 2 aromatic rings. The van der Waals surface area contributed by atoms with Gasteiger partial charge in [-0.1, -0.05) is 18.2 Å².